The topological polar surface area (TPSA) is 78.4 Å². The first kappa shape index (κ1) is 19.2. The number of carbonyl (C=O) groups excluding carboxylic acids is 2. The van der Waals surface area contributed by atoms with Gasteiger partial charge in [-0.25, -0.2) is 0 Å². The molecule has 23 heavy (non-hydrogen) atoms. The number of hydrogen-bond acceptors (Lipinski definition) is 3. The average molecular weight is 320 g/mol. The summed E-state index contributed by atoms with van der Waals surface area (Å²) >= 11 is 0. The highest BCUT2D eigenvalue weighted by Crippen LogP contribution is 2.23. The first-order chi connectivity index (χ1) is 10.6. The van der Waals surface area contributed by atoms with Gasteiger partial charge in [0.25, 0.3) is 0 Å². The van der Waals surface area contributed by atoms with Gasteiger partial charge in [0.05, 0.1) is 6.10 Å². The summed E-state index contributed by atoms with van der Waals surface area (Å²) in [5.74, 6) is -1.24. The Kier molecular flexibility index (Phi) is 6.76. The van der Waals surface area contributed by atoms with Crippen molar-refractivity contribution in [2.45, 2.75) is 52.6 Å². The van der Waals surface area contributed by atoms with Crippen LogP contribution >= 0.6 is 0 Å². The zero-order chi connectivity index (χ0) is 17.6. The molecule has 1 rings (SSSR count). The van der Waals surface area contributed by atoms with E-state index in [1.165, 1.54) is 0 Å². The maximum atomic E-state index is 11.9. The van der Waals surface area contributed by atoms with Gasteiger partial charge in [-0.2, -0.15) is 0 Å². The van der Waals surface area contributed by atoms with Crippen LogP contribution < -0.4 is 10.6 Å². The summed E-state index contributed by atoms with van der Waals surface area (Å²) in [5.41, 5.74) is 1.79. The lowest BCUT2D eigenvalue weighted by Crippen LogP contribution is -2.38. The lowest BCUT2D eigenvalue weighted by molar-refractivity contribution is -0.136. The summed E-state index contributed by atoms with van der Waals surface area (Å²) in [7, 11) is 0. The molecule has 0 aliphatic rings. The Morgan fingerprint density at radius 2 is 1.65 bits per heavy atom. The number of amides is 2. The molecule has 0 aromatic heterocycles. The van der Waals surface area contributed by atoms with E-state index in [1.807, 2.05) is 19.1 Å². The van der Waals surface area contributed by atoms with Gasteiger partial charge in [0, 0.05) is 12.2 Å². The van der Waals surface area contributed by atoms with Crippen molar-refractivity contribution < 1.29 is 14.7 Å². The molecule has 128 valence electrons. The second-order valence-corrected chi connectivity index (χ2v) is 7.18. The van der Waals surface area contributed by atoms with Crippen molar-refractivity contribution in [1.82, 2.24) is 5.32 Å². The smallest absolute Gasteiger partial charge is 0.313 e. The Labute approximate surface area is 138 Å². The average Bonchev–Trinajstić information content (AvgIpc) is 2.43. The van der Waals surface area contributed by atoms with Gasteiger partial charge in [0.15, 0.2) is 0 Å². The van der Waals surface area contributed by atoms with E-state index in [9.17, 15) is 14.7 Å². The number of nitrogens with one attached hydrogen (secondary N) is 2. The molecule has 0 saturated carbocycles. The first-order valence-electron chi connectivity index (χ1n) is 7.97. The lowest BCUT2D eigenvalue weighted by Gasteiger charge is -2.19. The molecule has 5 nitrogen and oxygen atoms in total. The molecule has 0 radical (unpaired) electrons. The van der Waals surface area contributed by atoms with E-state index in [2.05, 4.69) is 31.4 Å². The first-order valence-corrected chi connectivity index (χ1v) is 7.97. The third-order valence-corrected chi connectivity index (χ3v) is 3.57. The van der Waals surface area contributed by atoms with Gasteiger partial charge < -0.3 is 15.7 Å². The molecule has 1 aromatic carbocycles. The standard InChI is InChI=1S/C18H28N2O3/c1-12(10-13(2)21)11-19-16(22)17(23)20-15-8-6-14(7-9-15)18(3,4)5/h6-9,12-13,21H,10-11H2,1-5H3,(H,19,22)(H,20,23). The summed E-state index contributed by atoms with van der Waals surface area (Å²) in [6.07, 6.45) is 0.160. The fraction of sp³-hybridized carbons (Fsp3) is 0.556. The number of carbonyl (C=O) groups is 2. The maximum absolute atomic E-state index is 11.9. The molecule has 1 aromatic rings. The van der Waals surface area contributed by atoms with E-state index in [0.717, 1.165) is 5.56 Å². The second kappa shape index (κ2) is 8.11. The van der Waals surface area contributed by atoms with Gasteiger partial charge in [0.2, 0.25) is 0 Å². The van der Waals surface area contributed by atoms with E-state index in [0.29, 0.717) is 18.7 Å². The third-order valence-electron chi connectivity index (χ3n) is 3.57. The van der Waals surface area contributed by atoms with Crippen molar-refractivity contribution in [2.75, 3.05) is 11.9 Å². The van der Waals surface area contributed by atoms with Crippen LogP contribution in [0.2, 0.25) is 0 Å². The van der Waals surface area contributed by atoms with Crippen molar-refractivity contribution in [3.8, 4) is 0 Å². The highest BCUT2D eigenvalue weighted by Gasteiger charge is 2.16. The van der Waals surface area contributed by atoms with Gasteiger partial charge in [-0.15, -0.1) is 0 Å². The Morgan fingerprint density at radius 3 is 2.13 bits per heavy atom. The van der Waals surface area contributed by atoms with Gasteiger partial charge in [0.1, 0.15) is 0 Å². The molecule has 5 heteroatoms. The van der Waals surface area contributed by atoms with Crippen LogP contribution in [0.4, 0.5) is 5.69 Å². The second-order valence-electron chi connectivity index (χ2n) is 7.18. The molecule has 3 N–H and O–H groups in total. The minimum absolute atomic E-state index is 0.0416. The van der Waals surface area contributed by atoms with E-state index in [4.69, 9.17) is 0 Å². The van der Waals surface area contributed by atoms with Gasteiger partial charge in [-0.3, -0.25) is 9.59 Å². The lowest BCUT2D eigenvalue weighted by atomic mass is 9.87. The van der Waals surface area contributed by atoms with Crippen molar-refractivity contribution in [2.24, 2.45) is 5.92 Å². The van der Waals surface area contributed by atoms with Crippen LogP contribution in [0, 0.1) is 5.92 Å². The highest BCUT2D eigenvalue weighted by atomic mass is 16.3. The molecule has 0 spiro atoms. The van der Waals surface area contributed by atoms with Crippen LogP contribution in [0.5, 0.6) is 0 Å². The molecule has 2 atom stereocenters. The molecule has 2 unspecified atom stereocenters. The number of aliphatic hydroxyl groups is 1. The monoisotopic (exact) mass is 320 g/mol. The van der Waals surface area contributed by atoms with Crippen LogP contribution in [0.25, 0.3) is 0 Å². The van der Waals surface area contributed by atoms with Gasteiger partial charge in [-0.05, 0) is 42.4 Å². The van der Waals surface area contributed by atoms with Crippen LogP contribution in [0.3, 0.4) is 0 Å². The molecule has 0 heterocycles. The number of hydrogen-bond donors (Lipinski definition) is 3. The number of aliphatic hydroxyl groups excluding tert-OH is 1. The predicted molar refractivity (Wildman–Crippen MR) is 92.2 cm³/mol. The summed E-state index contributed by atoms with van der Waals surface area (Å²) in [6, 6.07) is 7.47. The Hall–Kier alpha value is -1.88. The molecule has 0 bridgehead atoms. The Bertz CT molecular complexity index is 530. The fourth-order valence-electron chi connectivity index (χ4n) is 2.25. The summed E-state index contributed by atoms with van der Waals surface area (Å²) in [4.78, 5) is 23.6. The molecule has 0 fully saturated rings. The normalized spacial score (nSPS) is 14.0. The van der Waals surface area contributed by atoms with E-state index in [-0.39, 0.29) is 11.3 Å². The van der Waals surface area contributed by atoms with Crippen molar-refractivity contribution >= 4 is 17.5 Å². The largest absolute Gasteiger partial charge is 0.393 e. The quantitative estimate of drug-likeness (QED) is 0.729. The minimum atomic E-state index is -0.683. The maximum Gasteiger partial charge on any atom is 0.313 e. The molecule has 2 amide bonds. The number of benzene rings is 1. The van der Waals surface area contributed by atoms with Crippen LogP contribution in [-0.2, 0) is 15.0 Å². The van der Waals surface area contributed by atoms with Crippen molar-refractivity contribution in [3.63, 3.8) is 0 Å². The Balaban J connectivity index is 2.50. The van der Waals surface area contributed by atoms with Gasteiger partial charge >= 0.3 is 11.8 Å². The zero-order valence-electron chi connectivity index (χ0n) is 14.6. The predicted octanol–water partition coefficient (Wildman–Crippen LogP) is 2.45. The van der Waals surface area contributed by atoms with Crippen LogP contribution in [0.1, 0.15) is 46.6 Å². The fourth-order valence-corrected chi connectivity index (χ4v) is 2.25. The van der Waals surface area contributed by atoms with Crippen LogP contribution in [0.15, 0.2) is 24.3 Å². The highest BCUT2D eigenvalue weighted by molar-refractivity contribution is 6.39. The summed E-state index contributed by atoms with van der Waals surface area (Å²) in [6.45, 7) is 10.3. The third kappa shape index (κ3) is 6.82. The molecule has 0 saturated heterocycles. The zero-order valence-corrected chi connectivity index (χ0v) is 14.6. The molecular formula is C18H28N2O3. The van der Waals surface area contributed by atoms with Crippen molar-refractivity contribution in [3.05, 3.63) is 29.8 Å². The van der Waals surface area contributed by atoms with Crippen molar-refractivity contribution in [1.29, 1.82) is 0 Å². The van der Waals surface area contributed by atoms with E-state index >= 15 is 0 Å². The number of anilines is 1. The molecular weight excluding hydrogens is 292 g/mol. The molecule has 0 aliphatic carbocycles. The van der Waals surface area contributed by atoms with E-state index in [1.54, 1.807) is 19.1 Å². The minimum Gasteiger partial charge on any atom is -0.393 e. The van der Waals surface area contributed by atoms with E-state index < -0.39 is 17.9 Å². The van der Waals surface area contributed by atoms with Gasteiger partial charge in [-0.1, -0.05) is 39.8 Å². The SMILES string of the molecule is CC(O)CC(C)CNC(=O)C(=O)Nc1ccc(C(C)(C)C)cc1. The Morgan fingerprint density at radius 1 is 1.09 bits per heavy atom. The number of rotatable bonds is 5. The molecule has 0 aliphatic heterocycles. The van der Waals surface area contributed by atoms with Crippen LogP contribution in [-0.4, -0.2) is 29.6 Å². The summed E-state index contributed by atoms with van der Waals surface area (Å²) in [5, 5.41) is 14.4. The summed E-state index contributed by atoms with van der Waals surface area (Å²) < 4.78 is 0.